The van der Waals surface area contributed by atoms with Gasteiger partial charge >= 0.3 is 6.18 Å². The number of benzene rings is 2. The summed E-state index contributed by atoms with van der Waals surface area (Å²) in [4.78, 5) is 14.9. The lowest BCUT2D eigenvalue weighted by Crippen LogP contribution is -2.31. The number of hydrogen-bond acceptors (Lipinski definition) is 3. The van der Waals surface area contributed by atoms with E-state index in [2.05, 4.69) is 45.0 Å². The Kier molecular flexibility index (Phi) is 4.78. The number of alkyl halides is 3. The molecule has 0 fully saturated rings. The fraction of sp³-hybridized carbons (Fsp3) is 0.250. The number of H-pyrrole nitrogens is 1. The smallest absolute Gasteiger partial charge is 0.358 e. The number of fused-ring (bicyclic) bond motifs is 2. The van der Waals surface area contributed by atoms with Gasteiger partial charge < -0.3 is 4.98 Å². The third kappa shape index (κ3) is 3.81. The maximum atomic E-state index is 12.8. The molecule has 0 saturated carbocycles. The van der Waals surface area contributed by atoms with E-state index in [-0.39, 0.29) is 0 Å². The zero-order valence-electron chi connectivity index (χ0n) is 17.0. The third-order valence-electron chi connectivity index (χ3n) is 5.89. The van der Waals surface area contributed by atoms with Gasteiger partial charge in [0.2, 0.25) is 0 Å². The summed E-state index contributed by atoms with van der Waals surface area (Å²) in [5, 5.41) is 1.25. The fourth-order valence-corrected chi connectivity index (χ4v) is 4.22. The van der Waals surface area contributed by atoms with Crippen molar-refractivity contribution in [1.82, 2.24) is 19.9 Å². The molecule has 0 amide bonds. The van der Waals surface area contributed by atoms with Gasteiger partial charge in [0.15, 0.2) is 5.82 Å². The Labute approximate surface area is 177 Å². The van der Waals surface area contributed by atoms with E-state index >= 15 is 0 Å². The zero-order valence-corrected chi connectivity index (χ0v) is 17.0. The topological polar surface area (TPSA) is 44.8 Å². The third-order valence-corrected chi connectivity index (χ3v) is 5.89. The molecule has 0 unspecified atom stereocenters. The van der Waals surface area contributed by atoms with Crippen molar-refractivity contribution in [2.75, 3.05) is 6.54 Å². The molecular formula is C24H21F3N4. The summed E-state index contributed by atoms with van der Waals surface area (Å²) < 4.78 is 38.4. The Morgan fingerprint density at radius 1 is 1.06 bits per heavy atom. The summed E-state index contributed by atoms with van der Waals surface area (Å²) in [7, 11) is 0. The van der Waals surface area contributed by atoms with Gasteiger partial charge in [-0.15, -0.1) is 0 Å². The number of hydrogen-bond donors (Lipinski definition) is 1. The Bertz CT molecular complexity index is 1240. The maximum absolute atomic E-state index is 12.8. The van der Waals surface area contributed by atoms with Crippen LogP contribution in [0, 0.1) is 6.92 Å². The molecule has 1 aliphatic rings. The number of halogens is 3. The molecule has 0 aliphatic carbocycles. The molecule has 0 atom stereocenters. The molecule has 1 aliphatic heterocycles. The van der Waals surface area contributed by atoms with Gasteiger partial charge in [-0.1, -0.05) is 30.3 Å². The summed E-state index contributed by atoms with van der Waals surface area (Å²) in [6.45, 7) is 4.57. The van der Waals surface area contributed by atoms with Gasteiger partial charge in [-0.2, -0.15) is 13.2 Å². The summed E-state index contributed by atoms with van der Waals surface area (Å²) in [6.07, 6.45) is -1.75. The van der Waals surface area contributed by atoms with E-state index in [0.29, 0.717) is 11.4 Å². The van der Waals surface area contributed by atoms with Crippen LogP contribution in [-0.2, 0) is 25.7 Å². The van der Waals surface area contributed by atoms with Crippen molar-refractivity contribution in [1.29, 1.82) is 0 Å². The number of aromatic nitrogens is 3. The molecule has 0 spiro atoms. The maximum Gasteiger partial charge on any atom is 0.416 e. The highest BCUT2D eigenvalue weighted by atomic mass is 19.4. The van der Waals surface area contributed by atoms with Gasteiger partial charge in [-0.3, -0.25) is 4.90 Å². The van der Waals surface area contributed by atoms with E-state index in [1.165, 1.54) is 28.8 Å². The van der Waals surface area contributed by atoms with Crippen LogP contribution < -0.4 is 0 Å². The summed E-state index contributed by atoms with van der Waals surface area (Å²) in [6, 6.07) is 13.3. The predicted molar refractivity (Wildman–Crippen MR) is 113 cm³/mol. The molecule has 0 saturated heterocycles. The van der Waals surface area contributed by atoms with Crippen LogP contribution in [0.25, 0.3) is 22.3 Å². The summed E-state index contributed by atoms with van der Waals surface area (Å²) in [5.74, 6) is 0.466. The first-order valence-corrected chi connectivity index (χ1v) is 10.2. The van der Waals surface area contributed by atoms with Gasteiger partial charge in [0.25, 0.3) is 0 Å². The Hall–Kier alpha value is -3.19. The molecule has 2 aromatic heterocycles. The van der Waals surface area contributed by atoms with E-state index in [0.717, 1.165) is 55.0 Å². The molecule has 4 aromatic rings. The molecule has 3 heterocycles. The van der Waals surface area contributed by atoms with Crippen molar-refractivity contribution in [3.63, 3.8) is 0 Å². The molecule has 5 rings (SSSR count). The zero-order chi connectivity index (χ0) is 21.6. The highest BCUT2D eigenvalue weighted by Crippen LogP contribution is 2.31. The first kappa shape index (κ1) is 19.8. The van der Waals surface area contributed by atoms with Crippen molar-refractivity contribution in [3.05, 3.63) is 82.8 Å². The van der Waals surface area contributed by atoms with Crippen LogP contribution in [0.4, 0.5) is 13.2 Å². The van der Waals surface area contributed by atoms with Crippen LogP contribution in [0.2, 0.25) is 0 Å². The van der Waals surface area contributed by atoms with Crippen molar-refractivity contribution < 1.29 is 13.2 Å². The summed E-state index contributed by atoms with van der Waals surface area (Å²) in [5.41, 5.74) is 5.60. The first-order chi connectivity index (χ1) is 14.9. The molecular weight excluding hydrogens is 401 g/mol. The Morgan fingerprint density at radius 3 is 2.61 bits per heavy atom. The molecule has 0 radical (unpaired) electrons. The second kappa shape index (κ2) is 7.50. The quantitative estimate of drug-likeness (QED) is 0.474. The normalized spacial score (nSPS) is 14.7. The van der Waals surface area contributed by atoms with E-state index in [4.69, 9.17) is 0 Å². The largest absolute Gasteiger partial charge is 0.416 e. The number of aryl methyl sites for hydroxylation is 1. The molecule has 1 N–H and O–H groups in total. The van der Waals surface area contributed by atoms with Gasteiger partial charge in [0.05, 0.1) is 11.3 Å². The highest BCUT2D eigenvalue weighted by Gasteiger charge is 2.30. The predicted octanol–water partition coefficient (Wildman–Crippen LogP) is 5.51. The lowest BCUT2D eigenvalue weighted by atomic mass is 10.0. The second-order valence-electron chi connectivity index (χ2n) is 7.98. The molecule has 4 nitrogen and oxygen atoms in total. The molecule has 0 bridgehead atoms. The molecule has 31 heavy (non-hydrogen) atoms. The molecule has 7 heteroatoms. The van der Waals surface area contributed by atoms with Crippen LogP contribution in [0.5, 0.6) is 0 Å². The first-order valence-electron chi connectivity index (χ1n) is 10.2. The number of rotatable bonds is 3. The Morgan fingerprint density at radius 2 is 1.84 bits per heavy atom. The van der Waals surface area contributed by atoms with E-state index in [9.17, 15) is 13.2 Å². The second-order valence-corrected chi connectivity index (χ2v) is 7.98. The monoisotopic (exact) mass is 422 g/mol. The standard InChI is InChI=1S/C24H21F3N4/c1-15-20(19-4-2-3-5-22(19)29-15)14-31-11-10-21-17(13-31)12-28-23(30-21)16-6-8-18(9-7-16)24(25,26)27/h2-9,12,29H,10-11,13-14H2,1H3. The SMILES string of the molecule is Cc1[nH]c2ccccc2c1CN1CCc2nc(-c3ccc(C(F)(F)F)cc3)ncc2C1. The van der Waals surface area contributed by atoms with Crippen LogP contribution >= 0.6 is 0 Å². The number of nitrogens with zero attached hydrogens (tertiary/aromatic N) is 3. The number of nitrogens with one attached hydrogen (secondary N) is 1. The van der Waals surface area contributed by atoms with E-state index in [1.807, 2.05) is 12.3 Å². The van der Waals surface area contributed by atoms with Crippen molar-refractivity contribution in [3.8, 4) is 11.4 Å². The fourth-order valence-electron chi connectivity index (χ4n) is 4.22. The van der Waals surface area contributed by atoms with Gasteiger partial charge in [-0.25, -0.2) is 9.97 Å². The van der Waals surface area contributed by atoms with Crippen LogP contribution in [-0.4, -0.2) is 26.4 Å². The van der Waals surface area contributed by atoms with Crippen LogP contribution in [0.15, 0.2) is 54.7 Å². The minimum absolute atomic E-state index is 0.466. The summed E-state index contributed by atoms with van der Waals surface area (Å²) >= 11 is 0. The van der Waals surface area contributed by atoms with Gasteiger partial charge in [0, 0.05) is 60.0 Å². The van der Waals surface area contributed by atoms with Gasteiger partial charge in [-0.05, 0) is 30.7 Å². The lowest BCUT2D eigenvalue weighted by Gasteiger charge is -2.28. The minimum Gasteiger partial charge on any atom is -0.358 e. The van der Waals surface area contributed by atoms with E-state index in [1.54, 1.807) is 0 Å². The molecule has 2 aromatic carbocycles. The Balaban J connectivity index is 1.35. The van der Waals surface area contributed by atoms with Gasteiger partial charge in [0.1, 0.15) is 0 Å². The highest BCUT2D eigenvalue weighted by molar-refractivity contribution is 5.84. The average Bonchev–Trinajstić information content (AvgIpc) is 3.08. The minimum atomic E-state index is -4.35. The van der Waals surface area contributed by atoms with Crippen molar-refractivity contribution in [2.24, 2.45) is 0 Å². The van der Waals surface area contributed by atoms with Crippen LogP contribution in [0.3, 0.4) is 0 Å². The van der Waals surface area contributed by atoms with Crippen molar-refractivity contribution >= 4 is 10.9 Å². The molecule has 158 valence electrons. The van der Waals surface area contributed by atoms with Crippen molar-refractivity contribution in [2.45, 2.75) is 32.6 Å². The average molecular weight is 422 g/mol. The number of aromatic amines is 1. The lowest BCUT2D eigenvalue weighted by molar-refractivity contribution is -0.137. The van der Waals surface area contributed by atoms with Crippen LogP contribution in [0.1, 0.15) is 28.1 Å². The number of para-hydroxylation sites is 1. The van der Waals surface area contributed by atoms with E-state index < -0.39 is 11.7 Å².